The molecular weight excluding hydrogens is 270 g/mol. The number of nitrogens with two attached hydrogens (primary N) is 1. The maximum Gasteiger partial charge on any atom is 0.119 e. The summed E-state index contributed by atoms with van der Waals surface area (Å²) in [5, 5.41) is 3.25. The van der Waals surface area contributed by atoms with Gasteiger partial charge in [-0.05, 0) is 36.8 Å². The third-order valence-electron chi connectivity index (χ3n) is 2.69. The lowest BCUT2D eigenvalue weighted by Gasteiger charge is -2.11. The van der Waals surface area contributed by atoms with E-state index in [0.29, 0.717) is 4.99 Å². The lowest BCUT2D eigenvalue weighted by atomic mass is 10.2. The van der Waals surface area contributed by atoms with Crippen LogP contribution >= 0.6 is 12.2 Å². The van der Waals surface area contributed by atoms with Gasteiger partial charge in [-0.1, -0.05) is 19.1 Å². The third-order valence-corrected chi connectivity index (χ3v) is 2.91. The molecule has 0 bridgehead atoms. The maximum absolute atomic E-state index is 5.69. The van der Waals surface area contributed by atoms with Gasteiger partial charge >= 0.3 is 0 Å². The molecule has 0 fully saturated rings. The first kappa shape index (κ1) is 14.3. The fourth-order valence-electron chi connectivity index (χ4n) is 1.72. The fourth-order valence-corrected chi connectivity index (χ4v) is 1.90. The van der Waals surface area contributed by atoms with Gasteiger partial charge in [-0.25, -0.2) is 0 Å². The zero-order chi connectivity index (χ0) is 14.4. The van der Waals surface area contributed by atoms with Crippen LogP contribution in [0.3, 0.4) is 0 Å². The van der Waals surface area contributed by atoms with Gasteiger partial charge in [0.2, 0.25) is 0 Å². The molecule has 5 heteroatoms. The van der Waals surface area contributed by atoms with Gasteiger partial charge in [0.05, 0.1) is 18.5 Å². The minimum absolute atomic E-state index is 0.345. The summed E-state index contributed by atoms with van der Waals surface area (Å²) >= 11 is 5.02. The molecule has 0 aliphatic heterocycles. The minimum atomic E-state index is 0.345. The van der Waals surface area contributed by atoms with E-state index in [1.807, 2.05) is 24.3 Å². The summed E-state index contributed by atoms with van der Waals surface area (Å²) in [6, 6.07) is 9.54. The standard InChI is InChI=1S/C15H17N3OS/c1-2-9-19-12-5-3-11(4-6-12)18-14-10-17-8-7-13(14)15(16)20/h3-8,10,18H,2,9H2,1H3,(H2,16,20). The predicted molar refractivity (Wildman–Crippen MR) is 85.6 cm³/mol. The highest BCUT2D eigenvalue weighted by atomic mass is 32.1. The summed E-state index contributed by atoms with van der Waals surface area (Å²) in [5.41, 5.74) is 8.19. The largest absolute Gasteiger partial charge is 0.494 e. The number of hydrogen-bond donors (Lipinski definition) is 2. The van der Waals surface area contributed by atoms with Crippen molar-refractivity contribution in [2.75, 3.05) is 11.9 Å². The SMILES string of the molecule is CCCOc1ccc(Nc2cnccc2C(N)=S)cc1. The van der Waals surface area contributed by atoms with Crippen LogP contribution in [0.15, 0.2) is 42.7 Å². The van der Waals surface area contributed by atoms with Crippen molar-refractivity contribution in [1.82, 2.24) is 4.98 Å². The molecule has 2 rings (SSSR count). The minimum Gasteiger partial charge on any atom is -0.494 e. The molecule has 1 heterocycles. The molecule has 4 nitrogen and oxygen atoms in total. The van der Waals surface area contributed by atoms with Crippen LogP contribution in [0.25, 0.3) is 0 Å². The Hall–Kier alpha value is -2.14. The summed E-state index contributed by atoms with van der Waals surface area (Å²) in [6.07, 6.45) is 4.37. The van der Waals surface area contributed by atoms with Crippen LogP contribution in [0.1, 0.15) is 18.9 Å². The third kappa shape index (κ3) is 3.68. The number of benzene rings is 1. The molecule has 3 N–H and O–H groups in total. The highest BCUT2D eigenvalue weighted by molar-refractivity contribution is 7.80. The van der Waals surface area contributed by atoms with E-state index < -0.39 is 0 Å². The Morgan fingerprint density at radius 3 is 2.70 bits per heavy atom. The number of ether oxygens (including phenoxy) is 1. The second-order valence-corrected chi connectivity index (χ2v) is 4.72. The van der Waals surface area contributed by atoms with Crippen LogP contribution in [0.4, 0.5) is 11.4 Å². The van der Waals surface area contributed by atoms with Crippen LogP contribution in [0, 0.1) is 0 Å². The molecule has 0 unspecified atom stereocenters. The predicted octanol–water partition coefficient (Wildman–Crippen LogP) is 3.25. The summed E-state index contributed by atoms with van der Waals surface area (Å²) in [6.45, 7) is 2.80. The molecule has 0 spiro atoms. The Labute approximate surface area is 124 Å². The topological polar surface area (TPSA) is 60.2 Å². The average molecular weight is 287 g/mol. The van der Waals surface area contributed by atoms with Crippen LogP contribution in [-0.2, 0) is 0 Å². The van der Waals surface area contributed by atoms with Crippen molar-refractivity contribution in [1.29, 1.82) is 0 Å². The Kier molecular flexibility index (Phi) is 4.90. The Morgan fingerprint density at radius 2 is 2.05 bits per heavy atom. The van der Waals surface area contributed by atoms with E-state index in [1.54, 1.807) is 18.5 Å². The second-order valence-electron chi connectivity index (χ2n) is 4.28. The Bertz CT molecular complexity index is 584. The molecule has 0 saturated carbocycles. The van der Waals surface area contributed by atoms with Gasteiger partial charge in [0.15, 0.2) is 0 Å². The fraction of sp³-hybridized carbons (Fsp3) is 0.200. The highest BCUT2D eigenvalue weighted by Crippen LogP contribution is 2.22. The van der Waals surface area contributed by atoms with Gasteiger partial charge < -0.3 is 15.8 Å². The maximum atomic E-state index is 5.69. The van der Waals surface area contributed by atoms with Crippen molar-refractivity contribution in [3.63, 3.8) is 0 Å². The number of nitrogens with one attached hydrogen (secondary N) is 1. The summed E-state index contributed by atoms with van der Waals surface area (Å²) in [7, 11) is 0. The highest BCUT2D eigenvalue weighted by Gasteiger charge is 2.05. The number of thiocarbonyl (C=S) groups is 1. The molecule has 0 aliphatic carbocycles. The van der Waals surface area contributed by atoms with Gasteiger partial charge in [0, 0.05) is 17.4 Å². The summed E-state index contributed by atoms with van der Waals surface area (Å²) in [4.78, 5) is 4.42. The van der Waals surface area contributed by atoms with Crippen molar-refractivity contribution in [3.05, 3.63) is 48.3 Å². The molecule has 0 aliphatic rings. The van der Waals surface area contributed by atoms with Gasteiger partial charge in [0.25, 0.3) is 0 Å². The van der Waals surface area contributed by atoms with Crippen molar-refractivity contribution < 1.29 is 4.74 Å². The molecule has 1 aromatic heterocycles. The van der Waals surface area contributed by atoms with E-state index in [9.17, 15) is 0 Å². The lowest BCUT2D eigenvalue weighted by molar-refractivity contribution is 0.317. The lowest BCUT2D eigenvalue weighted by Crippen LogP contribution is -2.12. The van der Waals surface area contributed by atoms with Crippen LogP contribution in [0.5, 0.6) is 5.75 Å². The number of pyridine rings is 1. The first-order valence-electron chi connectivity index (χ1n) is 6.44. The molecular formula is C15H17N3OS. The number of rotatable bonds is 6. The molecule has 20 heavy (non-hydrogen) atoms. The Balaban J connectivity index is 2.12. The van der Waals surface area contributed by atoms with Crippen molar-refractivity contribution >= 4 is 28.6 Å². The monoisotopic (exact) mass is 287 g/mol. The van der Waals surface area contributed by atoms with Crippen molar-refractivity contribution in [2.24, 2.45) is 5.73 Å². The van der Waals surface area contributed by atoms with Crippen molar-refractivity contribution in [3.8, 4) is 5.75 Å². The molecule has 2 aromatic rings. The first-order chi connectivity index (χ1) is 9.70. The first-order valence-corrected chi connectivity index (χ1v) is 6.85. The van der Waals surface area contributed by atoms with E-state index >= 15 is 0 Å². The van der Waals surface area contributed by atoms with E-state index in [-0.39, 0.29) is 0 Å². The number of aromatic nitrogens is 1. The zero-order valence-corrected chi connectivity index (χ0v) is 12.1. The van der Waals surface area contributed by atoms with Crippen molar-refractivity contribution in [2.45, 2.75) is 13.3 Å². The van der Waals surface area contributed by atoms with Gasteiger partial charge in [-0.3, -0.25) is 4.98 Å². The zero-order valence-electron chi connectivity index (χ0n) is 11.3. The van der Waals surface area contributed by atoms with E-state index in [4.69, 9.17) is 22.7 Å². The summed E-state index contributed by atoms with van der Waals surface area (Å²) < 4.78 is 5.54. The van der Waals surface area contributed by atoms with Gasteiger partial charge in [-0.15, -0.1) is 0 Å². The smallest absolute Gasteiger partial charge is 0.119 e. The number of hydrogen-bond acceptors (Lipinski definition) is 4. The molecule has 1 aromatic carbocycles. The van der Waals surface area contributed by atoms with Crippen LogP contribution in [-0.4, -0.2) is 16.6 Å². The molecule has 0 saturated heterocycles. The summed E-state index contributed by atoms with van der Waals surface area (Å²) in [5.74, 6) is 0.859. The van der Waals surface area contributed by atoms with E-state index in [2.05, 4.69) is 17.2 Å². The quantitative estimate of drug-likeness (QED) is 0.799. The molecule has 0 atom stereocenters. The average Bonchev–Trinajstić information content (AvgIpc) is 2.47. The molecule has 104 valence electrons. The number of anilines is 2. The van der Waals surface area contributed by atoms with Gasteiger partial charge in [-0.2, -0.15) is 0 Å². The van der Waals surface area contributed by atoms with E-state index in [0.717, 1.165) is 35.7 Å². The molecule has 0 radical (unpaired) electrons. The Morgan fingerprint density at radius 1 is 1.30 bits per heavy atom. The van der Waals surface area contributed by atoms with Crippen LogP contribution in [0.2, 0.25) is 0 Å². The van der Waals surface area contributed by atoms with Crippen LogP contribution < -0.4 is 15.8 Å². The van der Waals surface area contributed by atoms with Gasteiger partial charge in [0.1, 0.15) is 10.7 Å². The number of nitrogens with zero attached hydrogens (tertiary/aromatic N) is 1. The second kappa shape index (κ2) is 6.86. The molecule has 0 amide bonds. The van der Waals surface area contributed by atoms with E-state index in [1.165, 1.54) is 0 Å². The normalized spacial score (nSPS) is 10.1.